The van der Waals surface area contributed by atoms with Crippen LogP contribution in [0.5, 0.6) is 11.5 Å². The zero-order valence-corrected chi connectivity index (χ0v) is 23.2. The molecule has 2 aromatic carbocycles. The topological polar surface area (TPSA) is 100 Å². The Kier molecular flexibility index (Phi) is 6.59. The summed E-state index contributed by atoms with van der Waals surface area (Å²) in [5.41, 5.74) is 1.29. The molecule has 0 spiro atoms. The van der Waals surface area contributed by atoms with E-state index in [1.54, 1.807) is 59.4 Å². The summed E-state index contributed by atoms with van der Waals surface area (Å²) in [5.74, 6) is 1.38. The Morgan fingerprint density at radius 1 is 1.00 bits per heavy atom. The molecular weight excluding hydrogens is 551 g/mol. The first kappa shape index (κ1) is 27.2. The van der Waals surface area contributed by atoms with Gasteiger partial charge < -0.3 is 14.0 Å². The number of halogens is 3. The number of aromatic nitrogens is 6. The van der Waals surface area contributed by atoms with Gasteiger partial charge in [-0.25, -0.2) is 15.0 Å². The van der Waals surface area contributed by atoms with Crippen molar-refractivity contribution < 1.29 is 27.4 Å². The Bertz CT molecular complexity index is 1830. The summed E-state index contributed by atoms with van der Waals surface area (Å²) < 4.78 is 56.0. The van der Waals surface area contributed by atoms with E-state index < -0.39 is 11.9 Å². The third-order valence-corrected chi connectivity index (χ3v) is 7.23. The van der Waals surface area contributed by atoms with E-state index in [2.05, 4.69) is 20.1 Å². The number of hydrogen-bond acceptors (Lipinski definition) is 7. The molecule has 4 heterocycles. The molecule has 0 unspecified atom stereocenters. The van der Waals surface area contributed by atoms with Crippen LogP contribution >= 0.6 is 0 Å². The number of aryl methyl sites for hydroxylation is 2. The smallest absolute Gasteiger partial charge is 0.435 e. The predicted octanol–water partition coefficient (Wildman–Crippen LogP) is 4.82. The Balaban J connectivity index is 1.53. The molecule has 0 saturated heterocycles. The third kappa shape index (κ3) is 4.70. The lowest BCUT2D eigenvalue weighted by atomic mass is 9.88. The number of imidazole rings is 1. The van der Waals surface area contributed by atoms with E-state index in [-0.39, 0.29) is 18.0 Å². The normalized spacial score (nSPS) is 13.5. The number of carbonyl (C=O) groups is 1. The maximum atomic E-state index is 14.2. The van der Waals surface area contributed by atoms with E-state index in [4.69, 9.17) is 9.47 Å². The van der Waals surface area contributed by atoms with Crippen LogP contribution in [-0.4, -0.2) is 56.0 Å². The average Bonchev–Trinajstić information content (AvgIpc) is 3.61. The number of nitrogens with zero attached hydrogens (tertiary/aromatic N) is 7. The fourth-order valence-corrected chi connectivity index (χ4v) is 5.44. The second-order valence-corrected chi connectivity index (χ2v) is 9.99. The van der Waals surface area contributed by atoms with E-state index in [1.165, 1.54) is 27.5 Å². The van der Waals surface area contributed by atoms with Crippen LogP contribution in [0.15, 0.2) is 49.2 Å². The molecule has 10 nitrogen and oxygen atoms in total. The minimum atomic E-state index is -4.67. The number of methoxy groups -OCH3 is 2. The number of ether oxygens (including phenoxy) is 2. The first-order chi connectivity index (χ1) is 20.1. The summed E-state index contributed by atoms with van der Waals surface area (Å²) >= 11 is 0. The molecule has 0 fully saturated rings. The fraction of sp³-hybridized carbons (Fsp3) is 0.276. The molecular formula is C29H26F3N7O3. The molecule has 216 valence electrons. The molecule has 0 saturated carbocycles. The van der Waals surface area contributed by atoms with Crippen molar-refractivity contribution in [3.63, 3.8) is 0 Å². The Hall–Kier alpha value is -4.94. The lowest BCUT2D eigenvalue weighted by Gasteiger charge is -2.30. The zero-order chi connectivity index (χ0) is 29.8. The van der Waals surface area contributed by atoms with Crippen LogP contribution in [0.1, 0.15) is 33.0 Å². The van der Waals surface area contributed by atoms with Crippen LogP contribution in [0, 0.1) is 6.92 Å². The van der Waals surface area contributed by atoms with Crippen molar-refractivity contribution in [3.05, 3.63) is 77.4 Å². The largest absolute Gasteiger partial charge is 0.493 e. The van der Waals surface area contributed by atoms with Gasteiger partial charge in [0.1, 0.15) is 11.6 Å². The minimum Gasteiger partial charge on any atom is -0.493 e. The molecule has 42 heavy (non-hydrogen) atoms. The molecule has 1 aliphatic heterocycles. The Morgan fingerprint density at radius 3 is 2.43 bits per heavy atom. The average molecular weight is 578 g/mol. The van der Waals surface area contributed by atoms with Crippen LogP contribution in [0.4, 0.5) is 19.0 Å². The molecule has 0 N–H and O–H groups in total. The number of carbonyl (C=O) groups excluding carboxylic acids is 1. The van der Waals surface area contributed by atoms with Crippen molar-refractivity contribution in [2.24, 2.45) is 7.05 Å². The highest BCUT2D eigenvalue weighted by atomic mass is 19.4. The van der Waals surface area contributed by atoms with Crippen molar-refractivity contribution in [3.8, 4) is 22.6 Å². The highest BCUT2D eigenvalue weighted by Gasteiger charge is 2.39. The number of anilines is 1. The molecule has 3 aromatic heterocycles. The Morgan fingerprint density at radius 2 is 1.74 bits per heavy atom. The van der Waals surface area contributed by atoms with Crippen LogP contribution in [0.2, 0.25) is 0 Å². The maximum absolute atomic E-state index is 14.2. The Labute approximate surface area is 238 Å². The van der Waals surface area contributed by atoms with Crippen molar-refractivity contribution in [1.82, 2.24) is 29.3 Å². The summed E-state index contributed by atoms with van der Waals surface area (Å²) in [5, 5.41) is 4.29. The quantitative estimate of drug-likeness (QED) is 0.285. The summed E-state index contributed by atoms with van der Waals surface area (Å²) in [6.45, 7) is 2.23. The number of alkyl halides is 3. The van der Waals surface area contributed by atoms with Gasteiger partial charge in [0.15, 0.2) is 17.2 Å². The molecule has 0 bridgehead atoms. The predicted molar refractivity (Wildman–Crippen MR) is 148 cm³/mol. The monoisotopic (exact) mass is 577 g/mol. The number of benzene rings is 2. The van der Waals surface area contributed by atoms with Gasteiger partial charge in [-0.2, -0.15) is 18.3 Å². The van der Waals surface area contributed by atoms with Gasteiger partial charge in [-0.05, 0) is 48.2 Å². The second kappa shape index (κ2) is 10.2. The van der Waals surface area contributed by atoms with Crippen molar-refractivity contribution in [2.75, 3.05) is 25.7 Å². The number of rotatable bonds is 6. The number of amides is 1. The van der Waals surface area contributed by atoms with E-state index >= 15 is 0 Å². The second-order valence-electron chi connectivity index (χ2n) is 9.99. The molecule has 5 aromatic rings. The van der Waals surface area contributed by atoms with E-state index in [0.29, 0.717) is 69.3 Å². The highest BCUT2D eigenvalue weighted by Crippen LogP contribution is 2.41. The van der Waals surface area contributed by atoms with Crippen molar-refractivity contribution in [1.29, 1.82) is 0 Å². The van der Waals surface area contributed by atoms with Crippen LogP contribution < -0.4 is 14.4 Å². The van der Waals surface area contributed by atoms with Gasteiger partial charge in [0.05, 0.1) is 26.1 Å². The van der Waals surface area contributed by atoms with Crippen LogP contribution in [0.25, 0.3) is 22.0 Å². The number of fused-ring (bicyclic) bond motifs is 2. The van der Waals surface area contributed by atoms with Gasteiger partial charge >= 0.3 is 6.18 Å². The van der Waals surface area contributed by atoms with Crippen molar-refractivity contribution >= 4 is 22.6 Å². The third-order valence-electron chi connectivity index (χ3n) is 7.23. The fourth-order valence-electron chi connectivity index (χ4n) is 5.44. The summed E-state index contributed by atoms with van der Waals surface area (Å²) in [4.78, 5) is 29.0. The SMILES string of the molecule is COc1cc2nc(C)nc(N3CCc4c(cc(Cn5ccnc5)cc4-c4cn(C)nc4C(F)(F)F)C3=O)c2cc1OC. The highest BCUT2D eigenvalue weighted by molar-refractivity contribution is 6.12. The molecule has 13 heteroatoms. The molecule has 1 amide bonds. The standard InChI is InChI=1S/C29H26F3N7O3/c1-16-34-23-12-25(42-4)24(41-3)11-21(23)27(35-16)39-7-5-18-19(22-14-37(2)36-26(22)29(30,31)32)9-17(10-20(18)28(39)40)13-38-8-6-33-15-38/h6,8-12,14-15H,5,7,13H2,1-4H3. The lowest BCUT2D eigenvalue weighted by Crippen LogP contribution is -2.39. The maximum Gasteiger partial charge on any atom is 0.435 e. The zero-order valence-electron chi connectivity index (χ0n) is 23.2. The first-order valence-electron chi connectivity index (χ1n) is 13.0. The molecule has 0 atom stereocenters. The van der Waals surface area contributed by atoms with Gasteiger partial charge in [-0.15, -0.1) is 0 Å². The first-order valence-corrected chi connectivity index (χ1v) is 13.0. The van der Waals surface area contributed by atoms with Gasteiger partial charge in [0.2, 0.25) is 0 Å². The van der Waals surface area contributed by atoms with Gasteiger partial charge in [-0.3, -0.25) is 14.4 Å². The van der Waals surface area contributed by atoms with Gasteiger partial charge in [0.25, 0.3) is 5.91 Å². The van der Waals surface area contributed by atoms with Gasteiger partial charge in [0, 0.05) is 61.3 Å². The van der Waals surface area contributed by atoms with E-state index in [1.807, 2.05) is 0 Å². The summed E-state index contributed by atoms with van der Waals surface area (Å²) in [6, 6.07) is 6.88. The number of hydrogen-bond donors (Lipinski definition) is 0. The van der Waals surface area contributed by atoms with E-state index in [9.17, 15) is 18.0 Å². The van der Waals surface area contributed by atoms with Crippen LogP contribution in [0.3, 0.4) is 0 Å². The summed E-state index contributed by atoms with van der Waals surface area (Å²) in [7, 11) is 4.48. The minimum absolute atomic E-state index is 0.0739. The van der Waals surface area contributed by atoms with E-state index in [0.717, 1.165) is 4.68 Å². The molecule has 1 aliphatic rings. The van der Waals surface area contributed by atoms with Gasteiger partial charge in [-0.1, -0.05) is 0 Å². The molecule has 6 rings (SSSR count). The molecule has 0 radical (unpaired) electrons. The van der Waals surface area contributed by atoms with Crippen molar-refractivity contribution in [2.45, 2.75) is 26.1 Å². The molecule has 0 aliphatic carbocycles. The summed E-state index contributed by atoms with van der Waals surface area (Å²) in [6.07, 6.45) is 1.93. The van der Waals surface area contributed by atoms with Crippen LogP contribution in [-0.2, 0) is 26.2 Å². The lowest BCUT2D eigenvalue weighted by molar-refractivity contribution is -0.140.